The van der Waals surface area contributed by atoms with Gasteiger partial charge in [0.1, 0.15) is 11.3 Å². The maximum absolute atomic E-state index is 13.4. The maximum atomic E-state index is 13.4. The third-order valence-electron chi connectivity index (χ3n) is 6.64. The van der Waals surface area contributed by atoms with Crippen molar-refractivity contribution in [2.45, 2.75) is 44.1 Å². The quantitative estimate of drug-likeness (QED) is 0.659. The molecule has 7 heteroatoms. The smallest absolute Gasteiger partial charge is 0.253 e. The molecule has 0 bridgehead atoms. The summed E-state index contributed by atoms with van der Waals surface area (Å²) >= 11 is 0. The largest absolute Gasteiger partial charge is 0.436 e. The lowest BCUT2D eigenvalue weighted by Crippen LogP contribution is -2.41. The molecule has 166 valence electrons. The first kappa shape index (κ1) is 20.8. The molecule has 32 heavy (non-hydrogen) atoms. The maximum Gasteiger partial charge on any atom is 0.253 e. The minimum Gasteiger partial charge on any atom is -0.436 e. The fourth-order valence-corrected chi connectivity index (χ4v) is 4.47. The predicted octanol–water partition coefficient (Wildman–Crippen LogP) is 4.33. The summed E-state index contributed by atoms with van der Waals surface area (Å²) in [5.74, 6) is 0.0853. The molecule has 2 N–H and O–H groups in total. The van der Waals surface area contributed by atoms with Crippen LogP contribution in [-0.2, 0) is 4.79 Å². The molecule has 0 spiro atoms. The molecule has 2 heterocycles. The van der Waals surface area contributed by atoms with Gasteiger partial charge in [0.05, 0.1) is 5.54 Å². The van der Waals surface area contributed by atoms with E-state index in [1.807, 2.05) is 4.90 Å². The highest BCUT2D eigenvalue weighted by atomic mass is 19.1. The van der Waals surface area contributed by atoms with Gasteiger partial charge in [-0.15, -0.1) is 0 Å². The zero-order chi connectivity index (χ0) is 22.3. The van der Waals surface area contributed by atoms with Crippen LogP contribution in [0.2, 0.25) is 0 Å². The van der Waals surface area contributed by atoms with Crippen LogP contribution in [0.4, 0.5) is 4.39 Å². The van der Waals surface area contributed by atoms with Crippen LogP contribution in [0.1, 0.15) is 48.9 Å². The normalized spacial score (nSPS) is 20.6. The lowest BCUT2D eigenvalue weighted by atomic mass is 9.87. The first-order valence-corrected chi connectivity index (χ1v) is 11.2. The van der Waals surface area contributed by atoms with Crippen molar-refractivity contribution >= 4 is 22.8 Å². The van der Waals surface area contributed by atoms with Crippen molar-refractivity contribution in [1.82, 2.24) is 9.88 Å². The second-order valence-electron chi connectivity index (χ2n) is 9.00. The van der Waals surface area contributed by atoms with Crippen LogP contribution in [0.15, 0.2) is 46.9 Å². The summed E-state index contributed by atoms with van der Waals surface area (Å²) in [7, 11) is 0. The van der Waals surface area contributed by atoms with E-state index in [1.54, 1.807) is 30.3 Å². The van der Waals surface area contributed by atoms with Crippen molar-refractivity contribution in [2.24, 2.45) is 11.7 Å². The fraction of sp³-hybridized carbons (Fsp3) is 0.400. The van der Waals surface area contributed by atoms with Crippen LogP contribution in [0.25, 0.3) is 22.6 Å². The Labute approximate surface area is 185 Å². The van der Waals surface area contributed by atoms with Crippen molar-refractivity contribution in [3.8, 4) is 11.5 Å². The van der Waals surface area contributed by atoms with Crippen molar-refractivity contribution in [3.63, 3.8) is 0 Å². The van der Waals surface area contributed by atoms with Crippen LogP contribution in [-0.4, -0.2) is 40.2 Å². The molecule has 1 aliphatic carbocycles. The lowest BCUT2D eigenvalue weighted by molar-refractivity contribution is -0.125. The Balaban J connectivity index is 1.28. The second kappa shape index (κ2) is 8.13. The van der Waals surface area contributed by atoms with Crippen LogP contribution < -0.4 is 5.73 Å². The fourth-order valence-electron chi connectivity index (χ4n) is 4.47. The molecule has 1 aromatic heterocycles. The molecule has 6 nitrogen and oxygen atoms in total. The molecule has 2 aliphatic rings. The topological polar surface area (TPSA) is 89.4 Å². The van der Waals surface area contributed by atoms with E-state index in [0.717, 1.165) is 32.1 Å². The SMILES string of the molecule is NC1(C(=O)C2CCCCN(C(=O)c3ccc(-c4nc5ccc(F)cc5o4)cc3)CC2)CC1. The number of rotatable bonds is 4. The lowest BCUT2D eigenvalue weighted by Gasteiger charge is -2.29. The molecule has 5 rings (SSSR count). The summed E-state index contributed by atoms with van der Waals surface area (Å²) in [6.45, 7) is 1.25. The number of carbonyl (C=O) groups excluding carboxylic acids is 2. The molecule has 1 atom stereocenters. The summed E-state index contributed by atoms with van der Waals surface area (Å²) in [4.78, 5) is 32.0. The monoisotopic (exact) mass is 435 g/mol. The van der Waals surface area contributed by atoms with E-state index in [0.29, 0.717) is 47.6 Å². The van der Waals surface area contributed by atoms with Crippen LogP contribution >= 0.6 is 0 Å². The summed E-state index contributed by atoms with van der Waals surface area (Å²) in [5.41, 5.74) is 7.79. The predicted molar refractivity (Wildman–Crippen MR) is 118 cm³/mol. The number of ketones is 1. The molecule has 1 amide bonds. The van der Waals surface area contributed by atoms with E-state index in [9.17, 15) is 14.0 Å². The third kappa shape index (κ3) is 4.05. The van der Waals surface area contributed by atoms with Gasteiger partial charge >= 0.3 is 0 Å². The van der Waals surface area contributed by atoms with Crippen LogP contribution in [0.3, 0.4) is 0 Å². The van der Waals surface area contributed by atoms with E-state index in [2.05, 4.69) is 4.98 Å². The standard InChI is InChI=1S/C25H26FN3O3/c26-19-8-9-20-21(15-19)32-23(28-20)17-4-6-18(7-5-17)24(31)29-13-2-1-3-16(10-14-29)22(30)25(27)11-12-25/h4-9,15-16H,1-3,10-14,27H2. The number of hydrogen-bond donors (Lipinski definition) is 1. The van der Waals surface area contributed by atoms with Gasteiger partial charge in [-0.05, 0) is 68.5 Å². The molecule has 1 unspecified atom stereocenters. The van der Waals surface area contributed by atoms with Gasteiger partial charge in [-0.2, -0.15) is 0 Å². The van der Waals surface area contributed by atoms with E-state index in [-0.39, 0.29) is 23.4 Å². The second-order valence-corrected chi connectivity index (χ2v) is 9.00. The van der Waals surface area contributed by atoms with E-state index in [4.69, 9.17) is 10.2 Å². The van der Waals surface area contributed by atoms with Gasteiger partial charge in [0, 0.05) is 36.2 Å². The summed E-state index contributed by atoms with van der Waals surface area (Å²) in [6, 6.07) is 11.3. The Morgan fingerprint density at radius 2 is 1.84 bits per heavy atom. The van der Waals surface area contributed by atoms with Gasteiger partial charge in [-0.1, -0.05) is 6.42 Å². The van der Waals surface area contributed by atoms with Gasteiger partial charge in [-0.3, -0.25) is 9.59 Å². The molecule has 1 saturated heterocycles. The number of benzene rings is 2. The van der Waals surface area contributed by atoms with E-state index >= 15 is 0 Å². The minimum absolute atomic E-state index is 0.0434. The van der Waals surface area contributed by atoms with Crippen molar-refractivity contribution in [1.29, 1.82) is 0 Å². The number of aromatic nitrogens is 1. The average Bonchev–Trinajstić information content (AvgIpc) is 3.39. The molecular weight excluding hydrogens is 409 g/mol. The minimum atomic E-state index is -0.606. The van der Waals surface area contributed by atoms with Gasteiger partial charge in [-0.25, -0.2) is 9.37 Å². The van der Waals surface area contributed by atoms with Crippen molar-refractivity contribution in [2.75, 3.05) is 13.1 Å². The molecule has 1 aliphatic heterocycles. The zero-order valence-electron chi connectivity index (χ0n) is 17.9. The number of nitrogens with two attached hydrogens (primary N) is 1. The van der Waals surface area contributed by atoms with Gasteiger partial charge in [0.15, 0.2) is 11.4 Å². The van der Waals surface area contributed by atoms with E-state index < -0.39 is 5.54 Å². The zero-order valence-corrected chi connectivity index (χ0v) is 17.9. The summed E-state index contributed by atoms with van der Waals surface area (Å²) in [5, 5.41) is 0. The van der Waals surface area contributed by atoms with Crippen molar-refractivity contribution < 1.29 is 18.4 Å². The number of hydrogen-bond acceptors (Lipinski definition) is 5. The number of nitrogens with zero attached hydrogens (tertiary/aromatic N) is 2. The number of oxazole rings is 1. The summed E-state index contributed by atoms with van der Waals surface area (Å²) in [6.07, 6.45) is 4.90. The van der Waals surface area contributed by atoms with Gasteiger partial charge in [0.25, 0.3) is 5.91 Å². The van der Waals surface area contributed by atoms with Crippen LogP contribution in [0, 0.1) is 11.7 Å². The molecule has 3 aromatic rings. The Morgan fingerprint density at radius 1 is 1.06 bits per heavy atom. The highest BCUT2D eigenvalue weighted by Gasteiger charge is 2.48. The Bertz CT molecular complexity index is 1170. The Morgan fingerprint density at radius 3 is 2.59 bits per heavy atom. The number of Topliss-reactive ketones (excluding diaryl/α,β-unsaturated/α-hetero) is 1. The number of fused-ring (bicyclic) bond motifs is 1. The van der Waals surface area contributed by atoms with Crippen LogP contribution in [0.5, 0.6) is 0 Å². The highest BCUT2D eigenvalue weighted by Crippen LogP contribution is 2.38. The molecule has 2 aromatic carbocycles. The summed E-state index contributed by atoms with van der Waals surface area (Å²) < 4.78 is 19.1. The number of carbonyl (C=O) groups is 2. The molecule has 0 radical (unpaired) electrons. The molecule has 1 saturated carbocycles. The number of likely N-dealkylation sites (tertiary alicyclic amines) is 1. The first-order valence-electron chi connectivity index (χ1n) is 11.2. The average molecular weight is 435 g/mol. The number of amides is 1. The number of halogens is 1. The van der Waals surface area contributed by atoms with Gasteiger partial charge < -0.3 is 15.1 Å². The molecular formula is C25H26FN3O3. The van der Waals surface area contributed by atoms with Gasteiger partial charge in [0.2, 0.25) is 5.89 Å². The molecule has 2 fully saturated rings. The highest BCUT2D eigenvalue weighted by molar-refractivity contribution is 5.95. The Kier molecular flexibility index (Phi) is 5.29. The third-order valence-corrected chi connectivity index (χ3v) is 6.64. The van der Waals surface area contributed by atoms with E-state index in [1.165, 1.54) is 12.1 Å². The Hall–Kier alpha value is -3.06. The van der Waals surface area contributed by atoms with Crippen molar-refractivity contribution in [3.05, 3.63) is 53.8 Å². The first-order chi connectivity index (χ1) is 15.4.